The first-order valence-corrected chi connectivity index (χ1v) is 9.07. The lowest BCUT2D eigenvalue weighted by atomic mass is 10.2. The van der Waals surface area contributed by atoms with E-state index in [1.807, 2.05) is 36.4 Å². The first kappa shape index (κ1) is 18.4. The quantitative estimate of drug-likeness (QED) is 0.407. The fourth-order valence-corrected chi connectivity index (χ4v) is 3.03. The third-order valence-corrected chi connectivity index (χ3v) is 4.45. The van der Waals surface area contributed by atoms with Crippen LogP contribution in [0.5, 0.6) is 5.75 Å². The monoisotopic (exact) mass is 400 g/mol. The normalized spacial score (nSPS) is 11.7. The smallest absolute Gasteiger partial charge is 0.169 e. The molecule has 0 N–H and O–H groups in total. The maximum Gasteiger partial charge on any atom is 0.169 e. The molecule has 0 unspecified atom stereocenters. The van der Waals surface area contributed by atoms with Crippen LogP contribution in [0.25, 0.3) is 0 Å². The fraction of sp³-hybridized carbons (Fsp3) is 0.444. The number of ether oxygens (including phenoxy) is 1. The Morgan fingerprint density at radius 2 is 1.87 bits per heavy atom. The van der Waals surface area contributed by atoms with E-state index in [0.29, 0.717) is 11.6 Å². The summed E-state index contributed by atoms with van der Waals surface area (Å²) in [5.41, 5.74) is 0. The Morgan fingerprint density at radius 3 is 2.57 bits per heavy atom. The summed E-state index contributed by atoms with van der Waals surface area (Å²) >= 11 is 9.41. The molecule has 23 heavy (non-hydrogen) atoms. The Labute approximate surface area is 151 Å². The summed E-state index contributed by atoms with van der Waals surface area (Å²) in [5, 5.41) is 0.676. The summed E-state index contributed by atoms with van der Waals surface area (Å²) < 4.78 is 13.0. The third-order valence-electron chi connectivity index (χ3n) is 3.71. The number of unbranched alkanes of at least 4 members (excludes halogenated alkanes) is 2. The van der Waals surface area contributed by atoms with E-state index in [1.54, 1.807) is 0 Å². The molecular formula is C18H24BrClNO2+. The molecule has 3 nitrogen and oxygen atoms in total. The van der Waals surface area contributed by atoms with Crippen molar-refractivity contribution in [2.75, 3.05) is 27.2 Å². The second kappa shape index (κ2) is 8.76. The first-order valence-electron chi connectivity index (χ1n) is 7.90. The molecule has 0 aliphatic rings. The Bertz CT molecular complexity index is 613. The molecule has 1 aromatic heterocycles. The van der Waals surface area contributed by atoms with Crippen LogP contribution < -0.4 is 4.74 Å². The van der Waals surface area contributed by atoms with E-state index in [4.69, 9.17) is 20.8 Å². The largest absolute Gasteiger partial charge is 0.492 e. The molecule has 2 rings (SSSR count). The number of hydrogen-bond acceptors (Lipinski definition) is 2. The molecule has 1 heterocycles. The predicted octanol–water partition coefficient (Wildman–Crippen LogP) is 5.52. The Hall–Kier alpha value is -0.970. The highest BCUT2D eigenvalue weighted by Gasteiger charge is 2.17. The van der Waals surface area contributed by atoms with Gasteiger partial charge in [0.25, 0.3) is 0 Å². The van der Waals surface area contributed by atoms with Crippen molar-refractivity contribution in [1.29, 1.82) is 0 Å². The molecule has 0 aliphatic heterocycles. The number of rotatable bonds is 9. The second-order valence-electron chi connectivity index (χ2n) is 6.36. The van der Waals surface area contributed by atoms with Gasteiger partial charge < -0.3 is 13.6 Å². The van der Waals surface area contributed by atoms with Crippen molar-refractivity contribution in [3.8, 4) is 5.75 Å². The minimum absolute atomic E-state index is 0.676. The molecular weight excluding hydrogens is 378 g/mol. The van der Waals surface area contributed by atoms with Crippen LogP contribution in [0.15, 0.2) is 45.5 Å². The Balaban J connectivity index is 1.62. The van der Waals surface area contributed by atoms with Crippen LogP contribution >= 0.6 is 27.5 Å². The van der Waals surface area contributed by atoms with Crippen LogP contribution in [-0.2, 0) is 6.54 Å². The van der Waals surface area contributed by atoms with Crippen molar-refractivity contribution in [3.63, 3.8) is 0 Å². The van der Waals surface area contributed by atoms with Crippen molar-refractivity contribution < 1.29 is 13.6 Å². The van der Waals surface area contributed by atoms with Gasteiger partial charge in [-0.05, 0) is 59.5 Å². The molecule has 0 bridgehead atoms. The van der Waals surface area contributed by atoms with Crippen molar-refractivity contribution in [2.45, 2.75) is 25.8 Å². The van der Waals surface area contributed by atoms with Crippen molar-refractivity contribution in [1.82, 2.24) is 0 Å². The first-order chi connectivity index (χ1) is 11.0. The zero-order valence-electron chi connectivity index (χ0n) is 13.7. The molecule has 0 spiro atoms. The average molecular weight is 402 g/mol. The molecule has 0 fully saturated rings. The number of benzene rings is 1. The maximum absolute atomic E-state index is 6.06. The van der Waals surface area contributed by atoms with E-state index in [-0.39, 0.29) is 0 Å². The van der Waals surface area contributed by atoms with E-state index >= 15 is 0 Å². The van der Waals surface area contributed by atoms with Gasteiger partial charge in [-0.15, -0.1) is 0 Å². The lowest BCUT2D eigenvalue weighted by molar-refractivity contribution is -0.904. The number of hydrogen-bond donors (Lipinski definition) is 0. The molecule has 0 saturated heterocycles. The van der Waals surface area contributed by atoms with Crippen LogP contribution in [-0.4, -0.2) is 31.7 Å². The van der Waals surface area contributed by atoms with Crippen LogP contribution in [0, 0.1) is 0 Å². The summed E-state index contributed by atoms with van der Waals surface area (Å²) in [4.78, 5) is 0. The van der Waals surface area contributed by atoms with Gasteiger partial charge in [0.2, 0.25) is 0 Å². The van der Waals surface area contributed by atoms with Gasteiger partial charge in [-0.25, -0.2) is 0 Å². The zero-order chi connectivity index (χ0) is 16.7. The molecule has 126 valence electrons. The lowest BCUT2D eigenvalue weighted by Crippen LogP contribution is -2.39. The van der Waals surface area contributed by atoms with Gasteiger partial charge in [0.15, 0.2) is 10.4 Å². The molecule has 0 radical (unpaired) electrons. The van der Waals surface area contributed by atoms with E-state index in [0.717, 1.165) is 46.6 Å². The van der Waals surface area contributed by atoms with Crippen LogP contribution in [0.3, 0.4) is 0 Å². The summed E-state index contributed by atoms with van der Waals surface area (Å²) in [6, 6.07) is 11.6. The van der Waals surface area contributed by atoms with Crippen LogP contribution in [0.1, 0.15) is 25.0 Å². The molecule has 0 amide bonds. The summed E-state index contributed by atoms with van der Waals surface area (Å²) in [6.45, 7) is 2.73. The number of halogens is 2. The third kappa shape index (κ3) is 6.58. The molecule has 5 heteroatoms. The molecule has 0 aliphatic carbocycles. The predicted molar refractivity (Wildman–Crippen MR) is 97.9 cm³/mol. The summed E-state index contributed by atoms with van der Waals surface area (Å²) in [7, 11) is 4.47. The highest BCUT2D eigenvalue weighted by molar-refractivity contribution is 9.10. The zero-order valence-corrected chi connectivity index (χ0v) is 16.1. The van der Waals surface area contributed by atoms with Crippen molar-refractivity contribution >= 4 is 27.5 Å². The van der Waals surface area contributed by atoms with Gasteiger partial charge in [-0.2, -0.15) is 0 Å². The van der Waals surface area contributed by atoms with E-state index in [2.05, 4.69) is 30.0 Å². The maximum atomic E-state index is 6.06. The molecule has 1 aromatic carbocycles. The number of furan rings is 1. The molecule has 0 saturated carbocycles. The van der Waals surface area contributed by atoms with Gasteiger partial charge in [0.05, 0.1) is 32.3 Å². The summed E-state index contributed by atoms with van der Waals surface area (Å²) in [5.74, 6) is 1.79. The van der Waals surface area contributed by atoms with Gasteiger partial charge in [-0.1, -0.05) is 23.7 Å². The second-order valence-corrected chi connectivity index (χ2v) is 7.55. The average Bonchev–Trinajstić information content (AvgIpc) is 2.88. The fourth-order valence-electron chi connectivity index (χ4n) is 2.50. The standard InChI is InChI=1S/C18H24BrClNO2/c1-21(2,14-15-10-11-18(19)23-15)12-6-3-7-13-22-17-9-5-4-8-16(17)20/h4-5,8-11H,3,6-7,12-14H2,1-2H3/q+1. The van der Waals surface area contributed by atoms with E-state index in [9.17, 15) is 0 Å². The topological polar surface area (TPSA) is 22.4 Å². The van der Waals surface area contributed by atoms with Gasteiger partial charge in [-0.3, -0.25) is 0 Å². The van der Waals surface area contributed by atoms with Gasteiger partial charge in [0.1, 0.15) is 12.3 Å². The number of para-hydroxylation sites is 1. The number of nitrogens with zero attached hydrogens (tertiary/aromatic N) is 1. The Kier molecular flexibility index (Phi) is 7.00. The lowest BCUT2D eigenvalue weighted by Gasteiger charge is -2.28. The highest BCUT2D eigenvalue weighted by Crippen LogP contribution is 2.23. The van der Waals surface area contributed by atoms with E-state index in [1.165, 1.54) is 6.42 Å². The number of quaternary nitrogens is 1. The molecule has 2 aromatic rings. The van der Waals surface area contributed by atoms with Gasteiger partial charge in [0, 0.05) is 0 Å². The van der Waals surface area contributed by atoms with E-state index < -0.39 is 0 Å². The van der Waals surface area contributed by atoms with Crippen LogP contribution in [0.2, 0.25) is 5.02 Å². The highest BCUT2D eigenvalue weighted by atomic mass is 79.9. The minimum atomic E-state index is 0.676. The summed E-state index contributed by atoms with van der Waals surface area (Å²) in [6.07, 6.45) is 3.35. The minimum Gasteiger partial charge on any atom is -0.492 e. The van der Waals surface area contributed by atoms with Crippen LogP contribution in [0.4, 0.5) is 0 Å². The van der Waals surface area contributed by atoms with Crippen molar-refractivity contribution in [3.05, 3.63) is 51.9 Å². The van der Waals surface area contributed by atoms with Gasteiger partial charge >= 0.3 is 0 Å². The van der Waals surface area contributed by atoms with Crippen molar-refractivity contribution in [2.24, 2.45) is 0 Å². The molecule has 0 atom stereocenters. The Morgan fingerprint density at radius 1 is 1.09 bits per heavy atom. The SMILES string of the molecule is C[N+](C)(CCCCCOc1ccccc1Cl)Cc1ccc(Br)o1.